The van der Waals surface area contributed by atoms with Gasteiger partial charge in [-0.15, -0.1) is 0 Å². The van der Waals surface area contributed by atoms with Crippen LogP contribution in [-0.2, 0) is 14.3 Å². The van der Waals surface area contributed by atoms with Gasteiger partial charge in [0, 0.05) is 10.9 Å². The first-order valence-corrected chi connectivity index (χ1v) is 11.4. The molecule has 0 spiro atoms. The summed E-state index contributed by atoms with van der Waals surface area (Å²) >= 11 is 6.17. The van der Waals surface area contributed by atoms with E-state index in [0.29, 0.717) is 54.5 Å². The summed E-state index contributed by atoms with van der Waals surface area (Å²) in [4.78, 5) is 14.9. The molecule has 8 heteroatoms. The minimum absolute atomic E-state index is 0.0836. The summed E-state index contributed by atoms with van der Waals surface area (Å²) in [7, 11) is 0. The zero-order valence-electron chi connectivity index (χ0n) is 18.2. The van der Waals surface area contributed by atoms with Crippen LogP contribution >= 0.6 is 11.6 Å². The largest absolute Gasteiger partial charge is 0.494 e. The van der Waals surface area contributed by atoms with Crippen LogP contribution in [0.2, 0.25) is 5.02 Å². The fraction of sp³-hybridized carbons (Fsp3) is 0.458. The van der Waals surface area contributed by atoms with E-state index in [0.717, 1.165) is 31.7 Å². The number of amides is 1. The van der Waals surface area contributed by atoms with E-state index in [1.807, 2.05) is 31.2 Å². The summed E-state index contributed by atoms with van der Waals surface area (Å²) in [6.45, 7) is 5.88. The Bertz CT molecular complexity index is 894. The van der Waals surface area contributed by atoms with Gasteiger partial charge in [-0.05, 0) is 75.3 Å². The van der Waals surface area contributed by atoms with Crippen molar-refractivity contribution in [2.75, 3.05) is 44.8 Å². The van der Waals surface area contributed by atoms with Crippen LogP contribution in [0.3, 0.4) is 0 Å². The maximum Gasteiger partial charge on any atom is 0.238 e. The first-order chi connectivity index (χ1) is 15.6. The van der Waals surface area contributed by atoms with E-state index in [9.17, 15) is 4.79 Å². The second-order valence-electron chi connectivity index (χ2n) is 7.92. The van der Waals surface area contributed by atoms with Crippen LogP contribution in [0.4, 0.5) is 5.69 Å². The summed E-state index contributed by atoms with van der Waals surface area (Å²) in [5.74, 6) is 2.25. The number of rotatable bonds is 8. The highest BCUT2D eigenvalue weighted by Gasteiger charge is 2.30. The zero-order chi connectivity index (χ0) is 22.3. The molecule has 0 bridgehead atoms. The third-order valence-electron chi connectivity index (χ3n) is 5.61. The molecule has 4 rings (SSSR count). The number of carbonyl (C=O) groups is 1. The van der Waals surface area contributed by atoms with E-state index < -0.39 is 0 Å². The Morgan fingerprint density at radius 3 is 2.47 bits per heavy atom. The van der Waals surface area contributed by atoms with Gasteiger partial charge in [-0.25, -0.2) is 0 Å². The Labute approximate surface area is 193 Å². The van der Waals surface area contributed by atoms with E-state index in [1.165, 1.54) is 0 Å². The third-order valence-corrected chi connectivity index (χ3v) is 5.85. The molecule has 0 aromatic heterocycles. The Balaban J connectivity index is 1.33. The summed E-state index contributed by atoms with van der Waals surface area (Å²) < 4.78 is 22.7. The Hall–Kier alpha value is -2.32. The molecule has 2 aliphatic rings. The highest BCUT2D eigenvalue weighted by atomic mass is 35.5. The lowest BCUT2D eigenvalue weighted by Gasteiger charge is -2.33. The van der Waals surface area contributed by atoms with Gasteiger partial charge in [0.05, 0.1) is 32.1 Å². The number of likely N-dealkylation sites (tertiary alicyclic amines) is 1. The zero-order valence-corrected chi connectivity index (χ0v) is 19.0. The normalized spacial score (nSPS) is 17.9. The van der Waals surface area contributed by atoms with Crippen LogP contribution in [-0.4, -0.2) is 56.6 Å². The summed E-state index contributed by atoms with van der Waals surface area (Å²) in [6.07, 6.45) is 1.84. The van der Waals surface area contributed by atoms with Gasteiger partial charge in [0.2, 0.25) is 5.91 Å². The molecule has 7 nitrogen and oxygen atoms in total. The molecule has 2 aromatic rings. The van der Waals surface area contributed by atoms with Crippen molar-refractivity contribution in [3.63, 3.8) is 0 Å². The van der Waals surface area contributed by atoms with Crippen molar-refractivity contribution >= 4 is 23.2 Å². The van der Waals surface area contributed by atoms with Crippen LogP contribution < -0.4 is 14.8 Å². The lowest BCUT2D eigenvalue weighted by molar-refractivity contribution is -0.119. The second kappa shape index (κ2) is 11.0. The molecule has 0 radical (unpaired) electrons. The quantitative estimate of drug-likeness (QED) is 0.623. The Kier molecular flexibility index (Phi) is 7.86. The highest BCUT2D eigenvalue weighted by Crippen LogP contribution is 2.33. The molecule has 2 saturated heterocycles. The van der Waals surface area contributed by atoms with Crippen molar-refractivity contribution in [2.24, 2.45) is 5.92 Å². The van der Waals surface area contributed by atoms with Crippen molar-refractivity contribution < 1.29 is 23.7 Å². The van der Waals surface area contributed by atoms with Crippen molar-refractivity contribution in [2.45, 2.75) is 26.1 Å². The van der Waals surface area contributed by atoms with E-state index >= 15 is 0 Å². The molecule has 32 heavy (non-hydrogen) atoms. The summed E-state index contributed by atoms with van der Waals surface area (Å²) in [5.41, 5.74) is 0.541. The molecule has 1 N–H and O–H groups in total. The van der Waals surface area contributed by atoms with E-state index in [1.54, 1.807) is 18.2 Å². The minimum atomic E-state index is -0.101. The van der Waals surface area contributed by atoms with Crippen LogP contribution in [0.25, 0.3) is 0 Å². The van der Waals surface area contributed by atoms with Gasteiger partial charge in [-0.2, -0.15) is 0 Å². The van der Waals surface area contributed by atoms with E-state index in [2.05, 4.69) is 10.2 Å². The van der Waals surface area contributed by atoms with Crippen molar-refractivity contribution in [3.05, 3.63) is 47.5 Å². The Morgan fingerprint density at radius 2 is 1.78 bits per heavy atom. The fourth-order valence-corrected chi connectivity index (χ4v) is 4.18. The lowest BCUT2D eigenvalue weighted by atomic mass is 9.96. The number of nitrogens with one attached hydrogen (secondary N) is 1. The van der Waals surface area contributed by atoms with Gasteiger partial charge in [-0.1, -0.05) is 11.6 Å². The molecule has 0 saturated carbocycles. The monoisotopic (exact) mass is 460 g/mol. The number of halogens is 1. The summed E-state index contributed by atoms with van der Waals surface area (Å²) in [5, 5.41) is 3.48. The second-order valence-corrected chi connectivity index (χ2v) is 8.36. The van der Waals surface area contributed by atoms with Gasteiger partial charge in [0.1, 0.15) is 11.5 Å². The number of hydrogen-bond donors (Lipinski definition) is 1. The van der Waals surface area contributed by atoms with Crippen LogP contribution in [0.5, 0.6) is 17.2 Å². The maximum atomic E-state index is 12.7. The summed E-state index contributed by atoms with van der Waals surface area (Å²) in [6, 6.07) is 12.5. The Morgan fingerprint density at radius 1 is 1.09 bits per heavy atom. The average molecular weight is 461 g/mol. The SMILES string of the molecule is CCOc1ccc(Oc2ccc(Cl)cc2NC(=O)CN2CCC(C3OCCO3)CC2)cc1. The number of ether oxygens (including phenoxy) is 4. The van der Waals surface area contributed by atoms with Crippen LogP contribution in [0.1, 0.15) is 19.8 Å². The van der Waals surface area contributed by atoms with Gasteiger partial charge < -0.3 is 24.3 Å². The standard InChI is InChI=1S/C24H29ClN2O5/c1-2-29-19-4-6-20(7-5-19)32-22-8-3-18(25)15-21(22)26-23(28)16-27-11-9-17(10-12-27)24-30-13-14-31-24/h3-8,15,17,24H,2,9-14,16H2,1H3,(H,26,28). The molecular weight excluding hydrogens is 432 g/mol. The fourth-order valence-electron chi connectivity index (χ4n) is 4.01. The predicted octanol–water partition coefficient (Wildman–Crippen LogP) is 4.55. The predicted molar refractivity (Wildman–Crippen MR) is 123 cm³/mol. The van der Waals surface area contributed by atoms with Gasteiger partial charge >= 0.3 is 0 Å². The number of nitrogens with zero attached hydrogens (tertiary/aromatic N) is 1. The number of hydrogen-bond acceptors (Lipinski definition) is 6. The first kappa shape index (κ1) is 22.9. The molecular formula is C24H29ClN2O5. The van der Waals surface area contributed by atoms with Crippen LogP contribution in [0.15, 0.2) is 42.5 Å². The third kappa shape index (κ3) is 6.13. The molecule has 0 atom stereocenters. The number of piperidine rings is 1. The number of anilines is 1. The molecule has 2 heterocycles. The van der Waals surface area contributed by atoms with Gasteiger partial charge in [0.25, 0.3) is 0 Å². The number of benzene rings is 2. The van der Waals surface area contributed by atoms with E-state index in [-0.39, 0.29) is 12.2 Å². The average Bonchev–Trinajstić information content (AvgIpc) is 3.33. The van der Waals surface area contributed by atoms with Gasteiger partial charge in [0.15, 0.2) is 12.0 Å². The van der Waals surface area contributed by atoms with E-state index in [4.69, 9.17) is 30.5 Å². The highest BCUT2D eigenvalue weighted by molar-refractivity contribution is 6.31. The first-order valence-electron chi connectivity index (χ1n) is 11.1. The molecule has 2 aromatic carbocycles. The van der Waals surface area contributed by atoms with Crippen LogP contribution in [0, 0.1) is 5.92 Å². The van der Waals surface area contributed by atoms with Crippen molar-refractivity contribution in [1.29, 1.82) is 0 Å². The number of carbonyl (C=O) groups excluding carboxylic acids is 1. The molecule has 2 aliphatic heterocycles. The lowest BCUT2D eigenvalue weighted by Crippen LogP contribution is -2.41. The molecule has 172 valence electrons. The topological polar surface area (TPSA) is 69.3 Å². The minimum Gasteiger partial charge on any atom is -0.494 e. The molecule has 1 amide bonds. The smallest absolute Gasteiger partial charge is 0.238 e. The molecule has 0 aliphatic carbocycles. The van der Waals surface area contributed by atoms with Crippen molar-refractivity contribution in [1.82, 2.24) is 4.90 Å². The van der Waals surface area contributed by atoms with Crippen molar-refractivity contribution in [3.8, 4) is 17.2 Å². The molecule has 0 unspecified atom stereocenters. The van der Waals surface area contributed by atoms with Gasteiger partial charge in [-0.3, -0.25) is 9.69 Å². The maximum absolute atomic E-state index is 12.7. The molecule has 2 fully saturated rings.